The molecule has 0 aliphatic rings. The fraction of sp³-hybridized carbons (Fsp3) is 0. The van der Waals surface area contributed by atoms with E-state index in [-0.39, 0.29) is 4.87 Å². The Morgan fingerprint density at radius 2 is 1.92 bits per heavy atom. The second kappa shape index (κ2) is 2.76. The first kappa shape index (κ1) is 8.10. The van der Waals surface area contributed by atoms with Gasteiger partial charge >= 0.3 is 4.87 Å². The molecule has 12 heavy (non-hydrogen) atoms. The lowest BCUT2D eigenvalue weighted by molar-refractivity contribution is 1.41. The molecule has 2 rings (SSSR count). The number of halogens is 2. The van der Waals surface area contributed by atoms with E-state index < -0.39 is 0 Å². The van der Waals surface area contributed by atoms with E-state index >= 15 is 0 Å². The molecule has 62 valence electrons. The van der Waals surface area contributed by atoms with Crippen molar-refractivity contribution in [3.63, 3.8) is 0 Å². The summed E-state index contributed by atoms with van der Waals surface area (Å²) in [6.45, 7) is 0. The SMILES string of the molecule is O=c1[nH]c2c(Cl)ccc(Cl)c2s1. The van der Waals surface area contributed by atoms with Crippen molar-refractivity contribution < 1.29 is 0 Å². The maximum atomic E-state index is 10.9. The van der Waals surface area contributed by atoms with E-state index in [1.807, 2.05) is 0 Å². The quantitative estimate of drug-likeness (QED) is 0.727. The number of H-pyrrole nitrogens is 1. The van der Waals surface area contributed by atoms with Crippen molar-refractivity contribution in [1.82, 2.24) is 4.98 Å². The predicted molar refractivity (Wildman–Crippen MR) is 52.5 cm³/mol. The highest BCUT2D eigenvalue weighted by Gasteiger charge is 2.06. The molecule has 0 unspecified atom stereocenters. The molecule has 0 bridgehead atoms. The topological polar surface area (TPSA) is 32.9 Å². The Balaban J connectivity index is 3.03. The van der Waals surface area contributed by atoms with Gasteiger partial charge in [-0.1, -0.05) is 34.5 Å². The molecule has 0 atom stereocenters. The molecule has 0 fully saturated rings. The highest BCUT2D eigenvalue weighted by Crippen LogP contribution is 2.29. The Labute approximate surface area is 81.7 Å². The number of fused-ring (bicyclic) bond motifs is 1. The van der Waals surface area contributed by atoms with Crippen molar-refractivity contribution in [2.24, 2.45) is 0 Å². The first-order valence-electron chi connectivity index (χ1n) is 3.15. The fourth-order valence-electron chi connectivity index (χ4n) is 0.970. The Morgan fingerprint density at radius 1 is 1.25 bits per heavy atom. The van der Waals surface area contributed by atoms with Gasteiger partial charge in [-0.15, -0.1) is 0 Å². The van der Waals surface area contributed by atoms with E-state index in [1.54, 1.807) is 12.1 Å². The van der Waals surface area contributed by atoms with Crippen molar-refractivity contribution in [3.8, 4) is 0 Å². The number of hydrogen-bond donors (Lipinski definition) is 1. The molecular formula is C7H3Cl2NOS. The Hall–Kier alpha value is -0.510. The molecule has 5 heteroatoms. The van der Waals surface area contributed by atoms with Crippen LogP contribution in [0.1, 0.15) is 0 Å². The van der Waals surface area contributed by atoms with Gasteiger partial charge in [-0.2, -0.15) is 0 Å². The summed E-state index contributed by atoms with van der Waals surface area (Å²) in [5.41, 5.74) is 0.624. The van der Waals surface area contributed by atoms with E-state index in [9.17, 15) is 4.79 Å². The molecular weight excluding hydrogens is 217 g/mol. The van der Waals surface area contributed by atoms with E-state index in [4.69, 9.17) is 23.2 Å². The summed E-state index contributed by atoms with van der Waals surface area (Å²) >= 11 is 12.7. The molecule has 1 aromatic heterocycles. The van der Waals surface area contributed by atoms with Crippen molar-refractivity contribution >= 4 is 44.8 Å². The molecule has 0 aliphatic carbocycles. The maximum Gasteiger partial charge on any atom is 0.305 e. The molecule has 1 aromatic carbocycles. The lowest BCUT2D eigenvalue weighted by atomic mass is 10.3. The van der Waals surface area contributed by atoms with Crippen LogP contribution in [-0.2, 0) is 0 Å². The summed E-state index contributed by atoms with van der Waals surface area (Å²) in [6.07, 6.45) is 0. The number of aromatic nitrogens is 1. The third kappa shape index (κ3) is 1.14. The van der Waals surface area contributed by atoms with Crippen LogP contribution in [0.5, 0.6) is 0 Å². The van der Waals surface area contributed by atoms with Gasteiger partial charge in [0.25, 0.3) is 0 Å². The minimum absolute atomic E-state index is 0.139. The average Bonchev–Trinajstić information content (AvgIpc) is 2.41. The Kier molecular flexibility index (Phi) is 1.87. The first-order valence-corrected chi connectivity index (χ1v) is 4.72. The van der Waals surface area contributed by atoms with Crippen LogP contribution >= 0.6 is 34.5 Å². The fourth-order valence-corrected chi connectivity index (χ4v) is 2.27. The number of benzene rings is 1. The molecule has 2 nitrogen and oxygen atoms in total. The molecule has 0 aliphatic heterocycles. The number of nitrogens with one attached hydrogen (secondary N) is 1. The maximum absolute atomic E-state index is 10.9. The Morgan fingerprint density at radius 3 is 2.58 bits per heavy atom. The zero-order valence-corrected chi connectivity index (χ0v) is 8.06. The molecule has 1 heterocycles. The summed E-state index contributed by atoms with van der Waals surface area (Å²) < 4.78 is 0.717. The number of rotatable bonds is 0. The minimum Gasteiger partial charge on any atom is -0.311 e. The van der Waals surface area contributed by atoms with Crippen molar-refractivity contribution in [3.05, 3.63) is 31.8 Å². The van der Waals surface area contributed by atoms with Gasteiger partial charge in [-0.05, 0) is 12.1 Å². The van der Waals surface area contributed by atoms with Crippen molar-refractivity contribution in [1.29, 1.82) is 0 Å². The normalized spacial score (nSPS) is 10.8. The van der Waals surface area contributed by atoms with Crippen LogP contribution in [0.3, 0.4) is 0 Å². The second-order valence-electron chi connectivity index (χ2n) is 2.25. The first-order chi connectivity index (χ1) is 5.68. The van der Waals surface area contributed by atoms with Crippen molar-refractivity contribution in [2.75, 3.05) is 0 Å². The van der Waals surface area contributed by atoms with E-state index in [2.05, 4.69) is 4.98 Å². The lowest BCUT2D eigenvalue weighted by Crippen LogP contribution is -1.89. The van der Waals surface area contributed by atoms with Crippen LogP contribution in [0, 0.1) is 0 Å². The van der Waals surface area contributed by atoms with Crippen LogP contribution in [0.25, 0.3) is 10.2 Å². The molecule has 0 saturated heterocycles. The standard InChI is InChI=1S/C7H3Cl2NOS/c8-3-1-2-4(9)6-5(3)10-7(11)12-6/h1-2H,(H,10,11). The summed E-state index contributed by atoms with van der Waals surface area (Å²) in [5.74, 6) is 0. The molecule has 1 N–H and O–H groups in total. The van der Waals surface area contributed by atoms with Crippen LogP contribution < -0.4 is 4.87 Å². The molecule has 0 saturated carbocycles. The third-order valence-corrected chi connectivity index (χ3v) is 3.14. The van der Waals surface area contributed by atoms with E-state index in [0.717, 1.165) is 11.3 Å². The van der Waals surface area contributed by atoms with E-state index in [1.165, 1.54) is 0 Å². The predicted octanol–water partition coefficient (Wildman–Crippen LogP) is 2.90. The number of thiazole rings is 1. The van der Waals surface area contributed by atoms with Gasteiger partial charge in [0.05, 0.1) is 20.3 Å². The smallest absolute Gasteiger partial charge is 0.305 e. The van der Waals surface area contributed by atoms with Gasteiger partial charge in [0.15, 0.2) is 0 Å². The molecule has 0 spiro atoms. The zero-order valence-electron chi connectivity index (χ0n) is 5.73. The van der Waals surface area contributed by atoms with Crippen LogP contribution in [0.15, 0.2) is 16.9 Å². The van der Waals surface area contributed by atoms with Gasteiger partial charge in [-0.25, -0.2) is 0 Å². The van der Waals surface area contributed by atoms with Crippen LogP contribution in [0.4, 0.5) is 0 Å². The van der Waals surface area contributed by atoms with Gasteiger partial charge in [0.2, 0.25) is 0 Å². The van der Waals surface area contributed by atoms with Crippen LogP contribution in [0.2, 0.25) is 10.0 Å². The number of aromatic amines is 1. The van der Waals surface area contributed by atoms with Crippen LogP contribution in [-0.4, -0.2) is 4.98 Å². The largest absolute Gasteiger partial charge is 0.311 e. The molecule has 0 radical (unpaired) electrons. The molecule has 0 amide bonds. The summed E-state index contributed by atoms with van der Waals surface area (Å²) in [7, 11) is 0. The Bertz CT molecular complexity index is 446. The van der Waals surface area contributed by atoms with Gasteiger partial charge in [-0.3, -0.25) is 4.79 Å². The van der Waals surface area contributed by atoms with Crippen molar-refractivity contribution in [2.45, 2.75) is 0 Å². The summed E-state index contributed by atoms with van der Waals surface area (Å²) in [4.78, 5) is 13.4. The molecule has 2 aromatic rings. The number of hydrogen-bond acceptors (Lipinski definition) is 2. The second-order valence-corrected chi connectivity index (χ2v) is 4.05. The highest BCUT2D eigenvalue weighted by atomic mass is 35.5. The van der Waals surface area contributed by atoms with E-state index in [0.29, 0.717) is 20.3 Å². The van der Waals surface area contributed by atoms with Gasteiger partial charge in [0.1, 0.15) is 0 Å². The summed E-state index contributed by atoms with van der Waals surface area (Å²) in [6, 6.07) is 3.34. The minimum atomic E-state index is -0.139. The monoisotopic (exact) mass is 219 g/mol. The third-order valence-electron chi connectivity index (χ3n) is 1.48. The van der Waals surface area contributed by atoms with Gasteiger partial charge in [0, 0.05) is 0 Å². The summed E-state index contributed by atoms with van der Waals surface area (Å²) in [5, 5.41) is 1.07. The highest BCUT2D eigenvalue weighted by molar-refractivity contribution is 7.17. The average molecular weight is 220 g/mol. The van der Waals surface area contributed by atoms with Gasteiger partial charge < -0.3 is 4.98 Å². The lowest BCUT2D eigenvalue weighted by Gasteiger charge is -1.93. The zero-order chi connectivity index (χ0) is 8.72.